The van der Waals surface area contributed by atoms with Crippen LogP contribution >= 0.6 is 0 Å². The van der Waals surface area contributed by atoms with Gasteiger partial charge in [0.2, 0.25) is 0 Å². The van der Waals surface area contributed by atoms with Gasteiger partial charge >= 0.3 is 0 Å². The molecule has 4 aliphatic rings. The van der Waals surface area contributed by atoms with Crippen LogP contribution in [0.2, 0.25) is 0 Å². The van der Waals surface area contributed by atoms with Gasteiger partial charge in [-0.15, -0.1) is 0 Å². The van der Waals surface area contributed by atoms with Gasteiger partial charge in [0.15, 0.2) is 0 Å². The summed E-state index contributed by atoms with van der Waals surface area (Å²) in [5.74, 6) is 1.98. The third-order valence-electron chi connectivity index (χ3n) is 14.3. The highest BCUT2D eigenvalue weighted by Crippen LogP contribution is 2.61. The molecule has 4 aliphatic carbocycles. The van der Waals surface area contributed by atoms with E-state index < -0.39 is 0 Å². The Labute approximate surface area is 354 Å². The van der Waals surface area contributed by atoms with E-state index in [2.05, 4.69) is 226 Å². The first kappa shape index (κ1) is 36.4. The number of furan rings is 1. The highest BCUT2D eigenvalue weighted by molar-refractivity contribution is 5.99. The molecule has 0 aliphatic heterocycles. The summed E-state index contributed by atoms with van der Waals surface area (Å²) in [7, 11) is 0. The first-order valence-corrected chi connectivity index (χ1v) is 21.6. The van der Waals surface area contributed by atoms with E-state index in [-0.39, 0.29) is 16.7 Å². The molecule has 4 unspecified atom stereocenters. The van der Waals surface area contributed by atoms with E-state index in [0.29, 0.717) is 11.8 Å². The minimum Gasteiger partial charge on any atom is -0.459 e. The molecule has 0 N–H and O–H groups in total. The standard InChI is InChI=1S/C58H49NO/c1-57(2)54-38-47(35-36-52(54)53-22-10-11-37-58(53,57)3)59(45-31-27-42(28-32-45)41-25-23-40(24-26-41)39-14-6-4-7-15-39)46-33-29-44(30-34-46)49-19-13-21-51-50-20-12-18-48(55(50)60-56(49)51)43-16-8-5-9-17-43/h4-17,19-25,27-38,41,48,53H,18,26H2,1-3H3. The number of hydrogen-bond donors (Lipinski definition) is 0. The molecule has 4 atom stereocenters. The second kappa shape index (κ2) is 14.3. The molecule has 6 aromatic carbocycles. The molecular weight excluding hydrogens is 727 g/mol. The van der Waals surface area contributed by atoms with Gasteiger partial charge in [-0.25, -0.2) is 0 Å². The number of anilines is 3. The van der Waals surface area contributed by atoms with Crippen LogP contribution in [0.4, 0.5) is 17.1 Å². The van der Waals surface area contributed by atoms with Crippen LogP contribution in [0, 0.1) is 5.41 Å². The van der Waals surface area contributed by atoms with Crippen molar-refractivity contribution >= 4 is 39.7 Å². The van der Waals surface area contributed by atoms with Crippen LogP contribution in [0.25, 0.3) is 33.7 Å². The highest BCUT2D eigenvalue weighted by atomic mass is 16.3. The summed E-state index contributed by atoms with van der Waals surface area (Å²) in [4.78, 5) is 2.44. The van der Waals surface area contributed by atoms with Crippen molar-refractivity contribution in [3.63, 3.8) is 0 Å². The van der Waals surface area contributed by atoms with Crippen LogP contribution in [0.3, 0.4) is 0 Å². The fraction of sp³-hybridized carbons (Fsp3) is 0.172. The maximum absolute atomic E-state index is 6.88. The summed E-state index contributed by atoms with van der Waals surface area (Å²) in [5.41, 5.74) is 15.9. The predicted molar refractivity (Wildman–Crippen MR) is 251 cm³/mol. The van der Waals surface area contributed by atoms with Crippen molar-refractivity contribution in [1.82, 2.24) is 0 Å². The molecule has 0 fully saturated rings. The average Bonchev–Trinajstić information content (AvgIpc) is 3.77. The van der Waals surface area contributed by atoms with E-state index in [9.17, 15) is 0 Å². The smallest absolute Gasteiger partial charge is 0.142 e. The van der Waals surface area contributed by atoms with Crippen molar-refractivity contribution < 1.29 is 4.42 Å². The van der Waals surface area contributed by atoms with E-state index >= 15 is 0 Å². The lowest BCUT2D eigenvalue weighted by atomic mass is 9.62. The summed E-state index contributed by atoms with van der Waals surface area (Å²) in [6, 6.07) is 53.6. The Morgan fingerprint density at radius 2 is 1.35 bits per heavy atom. The van der Waals surface area contributed by atoms with E-state index in [4.69, 9.17) is 4.42 Å². The Morgan fingerprint density at radius 3 is 2.10 bits per heavy atom. The van der Waals surface area contributed by atoms with E-state index in [0.717, 1.165) is 46.7 Å². The molecular formula is C58H49NO. The van der Waals surface area contributed by atoms with Crippen LogP contribution in [0.1, 0.15) is 90.5 Å². The Hall–Kier alpha value is -6.64. The molecule has 60 heavy (non-hydrogen) atoms. The minimum absolute atomic E-state index is 0.0160. The summed E-state index contributed by atoms with van der Waals surface area (Å²) in [5, 5.41) is 1.17. The topological polar surface area (TPSA) is 16.4 Å². The van der Waals surface area contributed by atoms with E-state index in [1.54, 1.807) is 0 Å². The Bertz CT molecular complexity index is 2900. The summed E-state index contributed by atoms with van der Waals surface area (Å²) in [6.45, 7) is 7.28. The van der Waals surface area contributed by atoms with Gasteiger partial charge in [0.25, 0.3) is 0 Å². The maximum atomic E-state index is 6.88. The number of allylic oxidation sites excluding steroid dienone is 9. The number of rotatable bonds is 7. The Balaban J connectivity index is 0.965. The number of hydrogen-bond acceptors (Lipinski definition) is 2. The van der Waals surface area contributed by atoms with Gasteiger partial charge in [-0.05, 0) is 93.6 Å². The van der Waals surface area contributed by atoms with Gasteiger partial charge < -0.3 is 9.32 Å². The summed E-state index contributed by atoms with van der Waals surface area (Å²) >= 11 is 0. The zero-order valence-electron chi connectivity index (χ0n) is 34.6. The van der Waals surface area contributed by atoms with Gasteiger partial charge in [-0.3, -0.25) is 0 Å². The first-order chi connectivity index (χ1) is 29.4. The summed E-state index contributed by atoms with van der Waals surface area (Å²) < 4.78 is 6.88. The summed E-state index contributed by atoms with van der Waals surface area (Å²) in [6.07, 6.45) is 22.8. The maximum Gasteiger partial charge on any atom is 0.142 e. The molecule has 0 saturated carbocycles. The zero-order chi connectivity index (χ0) is 40.4. The first-order valence-electron chi connectivity index (χ1n) is 21.6. The van der Waals surface area contributed by atoms with Gasteiger partial charge in [0, 0.05) is 56.7 Å². The van der Waals surface area contributed by atoms with E-state index in [1.165, 1.54) is 50.0 Å². The number of benzene rings is 6. The Morgan fingerprint density at radius 1 is 0.617 bits per heavy atom. The van der Waals surface area contributed by atoms with Crippen molar-refractivity contribution in [2.75, 3.05) is 4.90 Å². The monoisotopic (exact) mass is 775 g/mol. The third kappa shape index (κ3) is 5.84. The predicted octanol–water partition coefficient (Wildman–Crippen LogP) is 15.8. The SMILES string of the molecule is CC1(C)c2cc(N(c3ccc(-c4cccc5c6c(oc45)C(c4ccccc4)CC=C6)cc3)c3ccc(C4C=CC(c5ccccc5)=CC4)cc3)ccc2C2C=CC=CC21C. The third-order valence-corrected chi connectivity index (χ3v) is 14.3. The quantitative estimate of drug-likeness (QED) is 0.160. The lowest BCUT2D eigenvalue weighted by molar-refractivity contribution is 0.245. The van der Waals surface area contributed by atoms with Crippen LogP contribution in [0.5, 0.6) is 0 Å². The second-order valence-electron chi connectivity index (χ2n) is 17.8. The van der Waals surface area contributed by atoms with Crippen LogP contribution < -0.4 is 4.90 Å². The molecule has 2 nitrogen and oxygen atoms in total. The molecule has 0 saturated heterocycles. The van der Waals surface area contributed by atoms with Crippen LogP contribution in [-0.4, -0.2) is 0 Å². The van der Waals surface area contributed by atoms with Crippen molar-refractivity contribution in [3.05, 3.63) is 233 Å². The van der Waals surface area contributed by atoms with Crippen molar-refractivity contribution in [3.8, 4) is 11.1 Å². The number of fused-ring (bicyclic) bond motifs is 6. The van der Waals surface area contributed by atoms with Crippen LogP contribution in [-0.2, 0) is 5.41 Å². The molecule has 1 heterocycles. The molecule has 0 radical (unpaired) electrons. The van der Waals surface area contributed by atoms with Gasteiger partial charge in [0.05, 0.1) is 0 Å². The molecule has 0 spiro atoms. The lowest BCUT2D eigenvalue weighted by Crippen LogP contribution is -2.36. The second-order valence-corrected chi connectivity index (χ2v) is 17.8. The van der Waals surface area contributed by atoms with Crippen molar-refractivity contribution in [2.45, 2.75) is 56.8 Å². The lowest BCUT2D eigenvalue weighted by Gasteiger charge is -2.41. The number of para-hydroxylation sites is 1. The van der Waals surface area contributed by atoms with Gasteiger partial charge in [0.1, 0.15) is 11.3 Å². The highest BCUT2D eigenvalue weighted by Gasteiger charge is 2.53. The minimum atomic E-state index is -0.0430. The van der Waals surface area contributed by atoms with Crippen LogP contribution in [0.15, 0.2) is 199 Å². The van der Waals surface area contributed by atoms with Crippen molar-refractivity contribution in [1.29, 1.82) is 0 Å². The van der Waals surface area contributed by atoms with Gasteiger partial charge in [-0.2, -0.15) is 0 Å². The molecule has 7 aromatic rings. The number of nitrogens with zero attached hydrogens (tertiary/aromatic N) is 1. The molecule has 2 heteroatoms. The molecule has 292 valence electrons. The fourth-order valence-electron chi connectivity index (χ4n) is 10.6. The largest absolute Gasteiger partial charge is 0.459 e. The fourth-order valence-corrected chi connectivity index (χ4v) is 10.6. The Kier molecular flexibility index (Phi) is 8.67. The zero-order valence-corrected chi connectivity index (χ0v) is 34.6. The molecule has 0 bridgehead atoms. The van der Waals surface area contributed by atoms with Crippen molar-refractivity contribution in [2.24, 2.45) is 5.41 Å². The average molecular weight is 776 g/mol. The molecule has 11 rings (SSSR count). The molecule has 0 amide bonds. The van der Waals surface area contributed by atoms with Gasteiger partial charge in [-0.1, -0.05) is 185 Å². The normalized spacial score (nSPS) is 22.0. The van der Waals surface area contributed by atoms with E-state index in [1.807, 2.05) is 0 Å². The molecule has 1 aromatic heterocycles.